The summed E-state index contributed by atoms with van der Waals surface area (Å²) in [5.74, 6) is -0.350. The summed E-state index contributed by atoms with van der Waals surface area (Å²) in [6.45, 7) is 0. The predicted molar refractivity (Wildman–Crippen MR) is 59.6 cm³/mol. The lowest BCUT2D eigenvalue weighted by atomic mass is 10.2. The average molecular weight is 206 g/mol. The topological polar surface area (TPSA) is 41.9 Å². The summed E-state index contributed by atoms with van der Waals surface area (Å²) in [4.78, 5) is 17.2. The lowest BCUT2D eigenvalue weighted by Crippen LogP contribution is -2.07. The maximum absolute atomic E-state index is 11.2. The Bertz CT molecular complexity index is 373. The Hall–Kier alpha value is -1.84. The number of hydrogen-bond acceptors (Lipinski definition) is 3. The van der Waals surface area contributed by atoms with Crippen LogP contribution < -0.4 is 0 Å². The van der Waals surface area contributed by atoms with Crippen LogP contribution in [0.3, 0.4) is 0 Å². The highest BCUT2D eigenvalue weighted by molar-refractivity contribution is 5.90. The number of carbonyl (C=O) groups excluding carboxylic acids is 1. The summed E-state index contributed by atoms with van der Waals surface area (Å²) < 4.78 is 4.62. The van der Waals surface area contributed by atoms with Gasteiger partial charge in [0.25, 0.3) is 0 Å². The molecule has 1 aromatic rings. The first-order valence-corrected chi connectivity index (χ1v) is 4.52. The van der Waals surface area contributed by atoms with Crippen molar-refractivity contribution in [3.05, 3.63) is 29.8 Å². The van der Waals surface area contributed by atoms with E-state index in [-0.39, 0.29) is 5.97 Å². The van der Waals surface area contributed by atoms with E-state index in [1.54, 1.807) is 24.5 Å². The summed E-state index contributed by atoms with van der Waals surface area (Å²) in [6, 6.07) is 6.98. The zero-order valence-electron chi connectivity index (χ0n) is 9.10. The summed E-state index contributed by atoms with van der Waals surface area (Å²) in [7, 11) is 5.12. The van der Waals surface area contributed by atoms with Crippen LogP contribution >= 0.6 is 0 Å². The first-order chi connectivity index (χ1) is 7.13. The molecule has 0 aliphatic carbocycles. The predicted octanol–water partition coefficient (Wildman–Crippen LogP) is 1.69. The van der Waals surface area contributed by atoms with Crippen LogP contribution in [0, 0.1) is 0 Å². The molecule has 0 N–H and O–H groups in total. The first-order valence-electron chi connectivity index (χ1n) is 4.52. The zero-order valence-corrected chi connectivity index (χ0v) is 9.10. The molecule has 0 saturated carbocycles. The Morgan fingerprint density at radius 2 is 2.20 bits per heavy atom. The Morgan fingerprint density at radius 1 is 1.47 bits per heavy atom. The van der Waals surface area contributed by atoms with Gasteiger partial charge in [0.2, 0.25) is 0 Å². The van der Waals surface area contributed by atoms with Gasteiger partial charge in [-0.25, -0.2) is 9.79 Å². The highest BCUT2D eigenvalue weighted by Crippen LogP contribution is 2.14. The van der Waals surface area contributed by atoms with E-state index in [9.17, 15) is 4.79 Å². The molecular formula is C11H14N2O2. The fourth-order valence-electron chi connectivity index (χ4n) is 1.01. The zero-order chi connectivity index (χ0) is 11.3. The van der Waals surface area contributed by atoms with E-state index in [4.69, 9.17) is 0 Å². The monoisotopic (exact) mass is 206 g/mol. The third kappa shape index (κ3) is 3.42. The molecule has 4 nitrogen and oxygen atoms in total. The lowest BCUT2D eigenvalue weighted by Gasteiger charge is -2.03. The van der Waals surface area contributed by atoms with Gasteiger partial charge in [-0.1, -0.05) is 6.07 Å². The Balaban J connectivity index is 2.88. The summed E-state index contributed by atoms with van der Waals surface area (Å²) in [5, 5.41) is 0. The summed E-state index contributed by atoms with van der Waals surface area (Å²) >= 11 is 0. The van der Waals surface area contributed by atoms with E-state index in [1.165, 1.54) is 7.11 Å². The normalized spacial score (nSPS) is 10.3. The second-order valence-corrected chi connectivity index (χ2v) is 3.25. The molecule has 15 heavy (non-hydrogen) atoms. The number of methoxy groups -OCH3 is 1. The highest BCUT2D eigenvalue weighted by atomic mass is 16.5. The molecule has 1 aromatic carbocycles. The third-order valence-electron chi connectivity index (χ3n) is 1.70. The van der Waals surface area contributed by atoms with Crippen LogP contribution in [0.25, 0.3) is 0 Å². The number of ether oxygens (including phenoxy) is 1. The third-order valence-corrected chi connectivity index (χ3v) is 1.70. The van der Waals surface area contributed by atoms with Crippen LogP contribution in [0.15, 0.2) is 29.3 Å². The molecule has 0 aliphatic rings. The van der Waals surface area contributed by atoms with Crippen LogP contribution in [-0.4, -0.2) is 38.4 Å². The summed E-state index contributed by atoms with van der Waals surface area (Å²) in [5.41, 5.74) is 1.23. The molecule has 0 fully saturated rings. The summed E-state index contributed by atoms with van der Waals surface area (Å²) in [6.07, 6.45) is 1.68. The molecule has 0 spiro atoms. The number of esters is 1. The van der Waals surface area contributed by atoms with Gasteiger partial charge in [0.05, 0.1) is 24.7 Å². The number of aliphatic imine (C=N–C) groups is 1. The fraction of sp³-hybridized carbons (Fsp3) is 0.273. The van der Waals surface area contributed by atoms with Crippen molar-refractivity contribution in [3.8, 4) is 0 Å². The molecule has 0 heterocycles. The molecule has 0 bridgehead atoms. The van der Waals surface area contributed by atoms with E-state index < -0.39 is 0 Å². The van der Waals surface area contributed by atoms with Gasteiger partial charge in [0.15, 0.2) is 0 Å². The lowest BCUT2D eigenvalue weighted by molar-refractivity contribution is 0.0601. The number of rotatable bonds is 3. The molecule has 0 amide bonds. The number of benzene rings is 1. The Morgan fingerprint density at radius 3 is 2.80 bits per heavy atom. The van der Waals surface area contributed by atoms with Gasteiger partial charge in [0, 0.05) is 14.1 Å². The van der Waals surface area contributed by atoms with Crippen molar-refractivity contribution >= 4 is 18.0 Å². The van der Waals surface area contributed by atoms with E-state index >= 15 is 0 Å². The SMILES string of the molecule is COC(=O)c1cccc(N=CN(C)C)c1. The molecule has 0 aliphatic heterocycles. The van der Waals surface area contributed by atoms with Crippen LogP contribution in [0.4, 0.5) is 5.69 Å². The van der Waals surface area contributed by atoms with Crippen LogP contribution in [0.2, 0.25) is 0 Å². The Kier molecular flexibility index (Phi) is 3.85. The fourth-order valence-corrected chi connectivity index (χ4v) is 1.01. The molecule has 80 valence electrons. The van der Waals surface area contributed by atoms with Crippen molar-refractivity contribution in [1.29, 1.82) is 0 Å². The van der Waals surface area contributed by atoms with Crippen molar-refractivity contribution in [2.45, 2.75) is 0 Å². The standard InChI is InChI=1S/C11H14N2O2/c1-13(2)8-12-10-6-4-5-9(7-10)11(14)15-3/h4-8H,1-3H3. The molecular weight excluding hydrogens is 192 g/mol. The maximum Gasteiger partial charge on any atom is 0.337 e. The minimum atomic E-state index is -0.350. The van der Waals surface area contributed by atoms with Crippen LogP contribution in [0.5, 0.6) is 0 Å². The molecule has 4 heteroatoms. The van der Waals surface area contributed by atoms with E-state index in [0.29, 0.717) is 5.56 Å². The molecule has 1 rings (SSSR count). The van der Waals surface area contributed by atoms with Crippen molar-refractivity contribution in [1.82, 2.24) is 4.90 Å². The van der Waals surface area contributed by atoms with Gasteiger partial charge in [-0.3, -0.25) is 0 Å². The quantitative estimate of drug-likeness (QED) is 0.429. The maximum atomic E-state index is 11.2. The van der Waals surface area contributed by atoms with Gasteiger partial charge in [0.1, 0.15) is 0 Å². The molecule has 0 unspecified atom stereocenters. The van der Waals surface area contributed by atoms with Crippen LogP contribution in [0.1, 0.15) is 10.4 Å². The minimum absolute atomic E-state index is 0.350. The van der Waals surface area contributed by atoms with Crippen LogP contribution in [-0.2, 0) is 4.74 Å². The Labute approximate surface area is 89.2 Å². The second kappa shape index (κ2) is 5.14. The highest BCUT2D eigenvalue weighted by Gasteiger charge is 2.04. The van der Waals surface area contributed by atoms with Gasteiger partial charge in [-0.05, 0) is 18.2 Å². The second-order valence-electron chi connectivity index (χ2n) is 3.25. The molecule has 0 atom stereocenters. The van der Waals surface area contributed by atoms with E-state index in [1.807, 2.05) is 25.1 Å². The van der Waals surface area contributed by atoms with E-state index in [0.717, 1.165) is 5.69 Å². The average Bonchev–Trinajstić information content (AvgIpc) is 2.25. The number of hydrogen-bond donors (Lipinski definition) is 0. The van der Waals surface area contributed by atoms with Gasteiger partial charge < -0.3 is 9.64 Å². The van der Waals surface area contributed by atoms with Crippen molar-refractivity contribution in [2.75, 3.05) is 21.2 Å². The molecule has 0 aromatic heterocycles. The minimum Gasteiger partial charge on any atom is -0.465 e. The largest absolute Gasteiger partial charge is 0.465 e. The van der Waals surface area contributed by atoms with Gasteiger partial charge in [-0.15, -0.1) is 0 Å². The van der Waals surface area contributed by atoms with Gasteiger partial charge in [-0.2, -0.15) is 0 Å². The number of nitrogens with zero attached hydrogens (tertiary/aromatic N) is 2. The van der Waals surface area contributed by atoms with Crippen molar-refractivity contribution in [3.63, 3.8) is 0 Å². The van der Waals surface area contributed by atoms with Gasteiger partial charge >= 0.3 is 5.97 Å². The smallest absolute Gasteiger partial charge is 0.337 e. The number of carbonyl (C=O) groups is 1. The van der Waals surface area contributed by atoms with E-state index in [2.05, 4.69) is 9.73 Å². The van der Waals surface area contributed by atoms with Crippen molar-refractivity contribution in [2.24, 2.45) is 4.99 Å². The van der Waals surface area contributed by atoms with Crippen molar-refractivity contribution < 1.29 is 9.53 Å². The molecule has 0 radical (unpaired) electrons. The first kappa shape index (κ1) is 11.2. The molecule has 0 saturated heterocycles.